The van der Waals surface area contributed by atoms with Crippen LogP contribution in [0.4, 0.5) is 11.4 Å². The first-order chi connectivity index (χ1) is 18.7. The highest BCUT2D eigenvalue weighted by Gasteiger charge is 2.66. The Morgan fingerprint density at radius 2 is 1.05 bits per heavy atom. The summed E-state index contributed by atoms with van der Waals surface area (Å²) in [6, 6.07) is 11.8. The number of aryl methyl sites for hydroxylation is 2. The molecule has 6 heteroatoms. The number of hydrogen-bond acceptors (Lipinski definition) is 4. The lowest BCUT2D eigenvalue weighted by Gasteiger charge is -2.32. The van der Waals surface area contributed by atoms with Crippen molar-refractivity contribution in [2.75, 3.05) is 10.6 Å². The molecule has 4 bridgehead atoms. The fourth-order valence-electron chi connectivity index (χ4n) is 8.41. The molecular formula is C34H40N2O4. The van der Waals surface area contributed by atoms with Crippen LogP contribution in [0.3, 0.4) is 0 Å². The van der Waals surface area contributed by atoms with Crippen molar-refractivity contribution in [1.82, 2.24) is 0 Å². The molecule has 0 spiro atoms. The summed E-state index contributed by atoms with van der Waals surface area (Å²) in [4.78, 5) is 53.1. The second-order valence-electron chi connectivity index (χ2n) is 14.1. The maximum absolute atomic E-state index is 13.4. The summed E-state index contributed by atoms with van der Waals surface area (Å²) >= 11 is 0. The topological polar surface area (TPSA) is 92.3 Å². The van der Waals surface area contributed by atoms with Gasteiger partial charge in [0.15, 0.2) is 11.6 Å². The van der Waals surface area contributed by atoms with Gasteiger partial charge in [-0.3, -0.25) is 19.2 Å². The van der Waals surface area contributed by atoms with Gasteiger partial charge in [-0.25, -0.2) is 0 Å². The molecule has 0 heterocycles. The Morgan fingerprint density at radius 3 is 1.35 bits per heavy atom. The maximum Gasteiger partial charge on any atom is 0.238 e. The van der Waals surface area contributed by atoms with Crippen LogP contribution in [0.25, 0.3) is 11.1 Å². The molecule has 0 saturated heterocycles. The van der Waals surface area contributed by atoms with E-state index in [0.717, 1.165) is 46.5 Å². The van der Waals surface area contributed by atoms with E-state index in [9.17, 15) is 19.2 Å². The number of benzene rings is 2. The molecule has 4 fully saturated rings. The van der Waals surface area contributed by atoms with Crippen LogP contribution in [-0.4, -0.2) is 23.4 Å². The van der Waals surface area contributed by atoms with Crippen molar-refractivity contribution in [3.8, 4) is 11.1 Å². The fraction of sp³-hybridized carbons (Fsp3) is 0.529. The highest BCUT2D eigenvalue weighted by Crippen LogP contribution is 2.61. The van der Waals surface area contributed by atoms with Crippen LogP contribution in [0, 0.1) is 47.3 Å². The van der Waals surface area contributed by atoms with Crippen LogP contribution in [-0.2, 0) is 19.2 Å². The zero-order valence-electron chi connectivity index (χ0n) is 24.5. The highest BCUT2D eigenvalue weighted by atomic mass is 16.2. The Hall–Kier alpha value is -3.28. The van der Waals surface area contributed by atoms with Crippen LogP contribution < -0.4 is 10.6 Å². The van der Waals surface area contributed by atoms with Crippen LogP contribution >= 0.6 is 0 Å². The van der Waals surface area contributed by atoms with E-state index in [1.165, 1.54) is 0 Å². The first-order valence-corrected chi connectivity index (χ1v) is 14.7. The number of rotatable bonds is 5. The summed E-state index contributed by atoms with van der Waals surface area (Å²) in [7, 11) is 0. The van der Waals surface area contributed by atoms with Crippen molar-refractivity contribution < 1.29 is 19.2 Å². The molecule has 2 N–H and O–H groups in total. The summed E-state index contributed by atoms with van der Waals surface area (Å²) in [6.45, 7) is 11.8. The molecule has 6 nitrogen and oxygen atoms in total. The van der Waals surface area contributed by atoms with Gasteiger partial charge in [-0.1, -0.05) is 39.8 Å². The number of fused-ring (bicyclic) bond motifs is 4. The number of carbonyl (C=O) groups is 4. The predicted molar refractivity (Wildman–Crippen MR) is 156 cm³/mol. The fourth-order valence-corrected chi connectivity index (χ4v) is 8.41. The van der Waals surface area contributed by atoms with Gasteiger partial charge < -0.3 is 10.6 Å². The van der Waals surface area contributed by atoms with Gasteiger partial charge in [0.2, 0.25) is 11.8 Å². The smallest absolute Gasteiger partial charge is 0.238 e. The van der Waals surface area contributed by atoms with Crippen molar-refractivity contribution in [2.45, 2.75) is 80.1 Å². The van der Waals surface area contributed by atoms with Gasteiger partial charge in [0.05, 0.1) is 0 Å². The summed E-state index contributed by atoms with van der Waals surface area (Å²) in [5, 5.41) is 6.15. The monoisotopic (exact) mass is 540 g/mol. The molecule has 2 aromatic carbocycles. The summed E-state index contributed by atoms with van der Waals surface area (Å²) in [5.41, 5.74) is 2.65. The van der Waals surface area contributed by atoms with E-state index in [2.05, 4.69) is 10.6 Å². The van der Waals surface area contributed by atoms with Crippen molar-refractivity contribution in [3.63, 3.8) is 0 Å². The zero-order chi connectivity index (χ0) is 28.8. The van der Waals surface area contributed by atoms with Gasteiger partial charge in [0, 0.05) is 22.2 Å². The summed E-state index contributed by atoms with van der Waals surface area (Å²) < 4.78 is 0. The standard InChI is InChI=1S/C34H40N2O4/c1-19-15-21(7-9-25(19)35-29(39)33-13-11-23(17-33)31(3,4)27(33)37)22-8-10-26(20(2)16-22)36-30(40)34-14-12-24(18-34)32(5,6)28(34)38/h7-10,15-16,23-24H,11-14,17-18H2,1-6H3,(H,35,39)(H,36,40). The predicted octanol–water partition coefficient (Wildman–Crippen LogP) is 6.64. The average Bonchev–Trinajstić information content (AvgIpc) is 3.64. The summed E-state index contributed by atoms with van der Waals surface area (Å²) in [6.07, 6.45) is 4.43. The Morgan fingerprint density at radius 1 is 0.675 bits per heavy atom. The number of ketones is 2. The second-order valence-corrected chi connectivity index (χ2v) is 14.1. The van der Waals surface area contributed by atoms with Crippen LogP contribution in [0.5, 0.6) is 0 Å². The quantitative estimate of drug-likeness (QED) is 0.416. The normalized spacial score (nSPS) is 31.1. The van der Waals surface area contributed by atoms with Crippen LogP contribution in [0.15, 0.2) is 36.4 Å². The minimum Gasteiger partial charge on any atom is -0.325 e. The molecule has 40 heavy (non-hydrogen) atoms. The number of amides is 2. The second kappa shape index (κ2) is 8.61. The number of anilines is 2. The maximum atomic E-state index is 13.4. The van der Waals surface area contributed by atoms with Crippen molar-refractivity contribution >= 4 is 34.8 Å². The van der Waals surface area contributed by atoms with E-state index in [-0.39, 0.29) is 35.2 Å². The van der Waals surface area contributed by atoms with E-state index in [1.807, 2.05) is 77.9 Å². The molecule has 4 atom stereocenters. The van der Waals surface area contributed by atoms with Gasteiger partial charge in [0.25, 0.3) is 0 Å². The molecule has 4 aliphatic rings. The lowest BCUT2D eigenvalue weighted by atomic mass is 9.70. The summed E-state index contributed by atoms with van der Waals surface area (Å²) in [5.74, 6) is 0.387. The van der Waals surface area contributed by atoms with Gasteiger partial charge in [0.1, 0.15) is 10.8 Å². The number of Topliss-reactive ketones (excluding diaryl/α,β-unsaturated/α-hetero) is 2. The highest BCUT2D eigenvalue weighted by molar-refractivity contribution is 6.16. The molecule has 4 aliphatic carbocycles. The van der Waals surface area contributed by atoms with Crippen LogP contribution in [0.1, 0.15) is 77.3 Å². The van der Waals surface area contributed by atoms with E-state index >= 15 is 0 Å². The Bertz CT molecular complexity index is 1380. The molecule has 0 aromatic heterocycles. The largest absolute Gasteiger partial charge is 0.325 e. The van der Waals surface area contributed by atoms with Gasteiger partial charge in [-0.2, -0.15) is 0 Å². The molecule has 6 rings (SSSR count). The number of hydrogen-bond donors (Lipinski definition) is 2. The molecule has 2 amide bonds. The van der Waals surface area contributed by atoms with Crippen molar-refractivity contribution in [2.24, 2.45) is 33.5 Å². The van der Waals surface area contributed by atoms with E-state index in [4.69, 9.17) is 0 Å². The van der Waals surface area contributed by atoms with Crippen LogP contribution in [0.2, 0.25) is 0 Å². The number of carbonyl (C=O) groups excluding carboxylic acids is 4. The Kier molecular flexibility index (Phi) is 5.79. The third kappa shape index (κ3) is 3.60. The van der Waals surface area contributed by atoms with Crippen molar-refractivity contribution in [3.05, 3.63) is 47.5 Å². The van der Waals surface area contributed by atoms with Gasteiger partial charge >= 0.3 is 0 Å². The Labute approximate surface area is 236 Å². The molecule has 0 radical (unpaired) electrons. The lowest BCUT2D eigenvalue weighted by molar-refractivity contribution is -0.143. The minimum absolute atomic E-state index is 0.0824. The molecular weight excluding hydrogens is 500 g/mol. The third-order valence-corrected chi connectivity index (χ3v) is 11.3. The van der Waals surface area contributed by atoms with E-state index < -0.39 is 21.7 Å². The van der Waals surface area contributed by atoms with Gasteiger partial charge in [-0.05, 0) is 111 Å². The number of nitrogens with one attached hydrogen (secondary N) is 2. The van der Waals surface area contributed by atoms with Crippen molar-refractivity contribution in [1.29, 1.82) is 0 Å². The first kappa shape index (κ1) is 26.9. The third-order valence-electron chi connectivity index (χ3n) is 11.3. The SMILES string of the molecule is Cc1cc(-c2ccc(NC(=O)C34CCC(C3)C(C)(C)C4=O)c(C)c2)ccc1NC(=O)C12CCC(C1)C(C)(C)C2=O. The first-order valence-electron chi connectivity index (χ1n) is 14.7. The zero-order valence-corrected chi connectivity index (χ0v) is 24.5. The Balaban J connectivity index is 1.17. The van der Waals surface area contributed by atoms with Gasteiger partial charge in [-0.15, -0.1) is 0 Å². The van der Waals surface area contributed by atoms with E-state index in [0.29, 0.717) is 25.7 Å². The molecule has 4 saturated carbocycles. The molecule has 0 aliphatic heterocycles. The van der Waals surface area contributed by atoms with E-state index in [1.54, 1.807) is 0 Å². The molecule has 2 aromatic rings. The minimum atomic E-state index is -0.894. The average molecular weight is 541 g/mol. The molecule has 210 valence electrons. The molecule has 4 unspecified atom stereocenters. The lowest BCUT2D eigenvalue weighted by Crippen LogP contribution is -2.44.